The first-order chi connectivity index (χ1) is 9.08. The normalized spacial score (nSPS) is 12.4. The van der Waals surface area contributed by atoms with E-state index in [1.165, 1.54) is 0 Å². The summed E-state index contributed by atoms with van der Waals surface area (Å²) in [6, 6.07) is 7.07. The van der Waals surface area contributed by atoms with Crippen LogP contribution in [0.5, 0.6) is 5.75 Å². The van der Waals surface area contributed by atoms with Crippen molar-refractivity contribution in [1.29, 1.82) is 0 Å². The number of halogens is 1. The van der Waals surface area contributed by atoms with Gasteiger partial charge in [-0.2, -0.15) is 0 Å². The maximum atomic E-state index is 12.1. The molecule has 0 aliphatic carbocycles. The van der Waals surface area contributed by atoms with Crippen molar-refractivity contribution in [3.05, 3.63) is 46.3 Å². The van der Waals surface area contributed by atoms with Gasteiger partial charge in [-0.25, -0.2) is 0 Å². The molecule has 0 aliphatic heterocycles. The lowest BCUT2D eigenvalue weighted by atomic mass is 10.2. The highest BCUT2D eigenvalue weighted by Gasteiger charge is 2.11. The molecule has 1 aromatic heterocycles. The van der Waals surface area contributed by atoms with Gasteiger partial charge in [0.1, 0.15) is 11.5 Å². The molecule has 1 unspecified atom stereocenters. The van der Waals surface area contributed by atoms with Crippen LogP contribution >= 0.6 is 11.6 Å². The van der Waals surface area contributed by atoms with E-state index in [9.17, 15) is 4.21 Å². The van der Waals surface area contributed by atoms with Crippen molar-refractivity contribution < 1.29 is 13.5 Å². The lowest BCUT2D eigenvalue weighted by Gasteiger charge is -2.08. The monoisotopic (exact) mass is 299 g/mol. The summed E-state index contributed by atoms with van der Waals surface area (Å²) >= 11 is 5.94. The largest absolute Gasteiger partial charge is 0.496 e. The van der Waals surface area contributed by atoms with Gasteiger partial charge in [-0.1, -0.05) is 16.8 Å². The topological polar surface area (TPSA) is 52.3 Å². The minimum absolute atomic E-state index is 0.330. The van der Waals surface area contributed by atoms with Gasteiger partial charge in [0.15, 0.2) is 0 Å². The Kier molecular flexibility index (Phi) is 4.61. The average Bonchev–Trinajstić information content (AvgIpc) is 2.75. The van der Waals surface area contributed by atoms with Crippen LogP contribution in [0.1, 0.15) is 17.0 Å². The fourth-order valence-electron chi connectivity index (χ4n) is 1.73. The lowest BCUT2D eigenvalue weighted by molar-refractivity contribution is 0.390. The van der Waals surface area contributed by atoms with E-state index in [2.05, 4.69) is 5.16 Å². The van der Waals surface area contributed by atoms with Crippen LogP contribution in [0.3, 0.4) is 0 Å². The van der Waals surface area contributed by atoms with Gasteiger partial charge in [0, 0.05) is 27.5 Å². The fourth-order valence-corrected chi connectivity index (χ4v) is 3.05. The van der Waals surface area contributed by atoms with Crippen LogP contribution in [0.15, 0.2) is 28.8 Å². The number of rotatable bonds is 5. The van der Waals surface area contributed by atoms with Gasteiger partial charge < -0.3 is 9.26 Å². The molecule has 0 saturated heterocycles. The Hall–Kier alpha value is -1.33. The summed E-state index contributed by atoms with van der Waals surface area (Å²) in [5.74, 6) is 2.00. The third-order valence-electron chi connectivity index (χ3n) is 2.54. The third kappa shape index (κ3) is 3.81. The highest BCUT2D eigenvalue weighted by atomic mass is 35.5. The number of hydrogen-bond donors (Lipinski definition) is 0. The molecule has 2 aromatic rings. The predicted octanol–water partition coefficient (Wildman–Crippen LogP) is 3.09. The van der Waals surface area contributed by atoms with Crippen LogP contribution < -0.4 is 4.74 Å². The number of aromatic nitrogens is 1. The van der Waals surface area contributed by atoms with Crippen molar-refractivity contribution in [2.75, 3.05) is 7.11 Å². The second kappa shape index (κ2) is 6.21. The highest BCUT2D eigenvalue weighted by Crippen LogP contribution is 2.24. The standard InChI is InChI=1S/C13H14ClNO3S/c1-9-5-12(18-15-9)8-19(16)7-10-6-11(14)3-4-13(10)17-2/h3-6H,7-8H2,1-2H3. The molecule has 1 heterocycles. The summed E-state index contributed by atoms with van der Waals surface area (Å²) in [5.41, 5.74) is 1.61. The molecule has 0 amide bonds. The summed E-state index contributed by atoms with van der Waals surface area (Å²) < 4.78 is 22.4. The van der Waals surface area contributed by atoms with E-state index >= 15 is 0 Å². The van der Waals surface area contributed by atoms with Gasteiger partial charge in [0.05, 0.1) is 24.3 Å². The van der Waals surface area contributed by atoms with Crippen LogP contribution in [0.4, 0.5) is 0 Å². The third-order valence-corrected chi connectivity index (χ3v) is 4.01. The smallest absolute Gasteiger partial charge is 0.149 e. The summed E-state index contributed by atoms with van der Waals surface area (Å²) in [7, 11) is 0.478. The number of methoxy groups -OCH3 is 1. The van der Waals surface area contributed by atoms with Crippen molar-refractivity contribution in [1.82, 2.24) is 5.16 Å². The first-order valence-corrected chi connectivity index (χ1v) is 7.54. The molecule has 0 saturated carbocycles. The second-order valence-corrected chi connectivity index (χ2v) is 6.01. The molecule has 0 aliphatic rings. The summed E-state index contributed by atoms with van der Waals surface area (Å²) in [6.45, 7) is 1.83. The Morgan fingerprint density at radius 3 is 2.79 bits per heavy atom. The number of aryl methyl sites for hydroxylation is 1. The zero-order valence-corrected chi connectivity index (χ0v) is 12.3. The zero-order valence-electron chi connectivity index (χ0n) is 10.7. The van der Waals surface area contributed by atoms with Crippen LogP contribution in [0.2, 0.25) is 5.02 Å². The number of nitrogens with zero attached hydrogens (tertiary/aromatic N) is 1. The van der Waals surface area contributed by atoms with Crippen LogP contribution in [-0.4, -0.2) is 16.5 Å². The Morgan fingerprint density at radius 2 is 2.16 bits per heavy atom. The summed E-state index contributed by atoms with van der Waals surface area (Å²) in [4.78, 5) is 0. The van der Waals surface area contributed by atoms with Crippen molar-refractivity contribution in [2.24, 2.45) is 0 Å². The van der Waals surface area contributed by atoms with Gasteiger partial charge in [0.2, 0.25) is 0 Å². The van der Waals surface area contributed by atoms with E-state index in [4.69, 9.17) is 20.9 Å². The number of benzene rings is 1. The highest BCUT2D eigenvalue weighted by molar-refractivity contribution is 7.83. The molecule has 19 heavy (non-hydrogen) atoms. The molecule has 4 nitrogen and oxygen atoms in total. The van der Waals surface area contributed by atoms with E-state index in [1.54, 1.807) is 31.4 Å². The van der Waals surface area contributed by atoms with Crippen molar-refractivity contribution in [3.63, 3.8) is 0 Å². The molecule has 0 radical (unpaired) electrons. The molecule has 2 rings (SSSR count). The summed E-state index contributed by atoms with van der Waals surface area (Å²) in [6.07, 6.45) is 0. The lowest BCUT2D eigenvalue weighted by Crippen LogP contribution is -2.01. The van der Waals surface area contributed by atoms with Crippen molar-refractivity contribution in [3.8, 4) is 5.75 Å². The molecule has 0 spiro atoms. The Morgan fingerprint density at radius 1 is 1.37 bits per heavy atom. The molecule has 6 heteroatoms. The predicted molar refractivity (Wildman–Crippen MR) is 74.8 cm³/mol. The van der Waals surface area contributed by atoms with Gasteiger partial charge in [0.25, 0.3) is 0 Å². The molecule has 1 atom stereocenters. The Bertz CT molecular complexity index is 597. The minimum atomic E-state index is -1.10. The van der Waals surface area contributed by atoms with E-state index < -0.39 is 10.8 Å². The SMILES string of the molecule is COc1ccc(Cl)cc1CS(=O)Cc1cc(C)no1. The maximum absolute atomic E-state index is 12.1. The Labute approximate surface area is 119 Å². The first kappa shape index (κ1) is 14.1. The van der Waals surface area contributed by atoms with Gasteiger partial charge in [-0.15, -0.1) is 0 Å². The molecule has 0 bridgehead atoms. The molecule has 0 fully saturated rings. The van der Waals surface area contributed by atoms with E-state index in [0.717, 1.165) is 11.3 Å². The number of hydrogen-bond acceptors (Lipinski definition) is 4. The molecular weight excluding hydrogens is 286 g/mol. The van der Waals surface area contributed by atoms with Crippen LogP contribution in [-0.2, 0) is 22.3 Å². The minimum Gasteiger partial charge on any atom is -0.496 e. The van der Waals surface area contributed by atoms with Crippen LogP contribution in [0.25, 0.3) is 0 Å². The van der Waals surface area contributed by atoms with E-state index in [1.807, 2.05) is 6.92 Å². The average molecular weight is 300 g/mol. The maximum Gasteiger partial charge on any atom is 0.149 e. The Balaban J connectivity index is 2.08. The van der Waals surface area contributed by atoms with Gasteiger partial charge in [-0.05, 0) is 25.1 Å². The van der Waals surface area contributed by atoms with E-state index in [-0.39, 0.29) is 0 Å². The number of ether oxygens (including phenoxy) is 1. The zero-order chi connectivity index (χ0) is 13.8. The molecular formula is C13H14ClNO3S. The van der Waals surface area contributed by atoms with Crippen LogP contribution in [0, 0.1) is 6.92 Å². The molecule has 0 N–H and O–H groups in total. The molecule has 1 aromatic carbocycles. The van der Waals surface area contributed by atoms with Gasteiger partial charge in [-0.3, -0.25) is 4.21 Å². The van der Waals surface area contributed by atoms with Crippen molar-refractivity contribution in [2.45, 2.75) is 18.4 Å². The molecule has 102 valence electrons. The quantitative estimate of drug-likeness (QED) is 0.851. The fraction of sp³-hybridized carbons (Fsp3) is 0.308. The van der Waals surface area contributed by atoms with E-state index in [0.29, 0.717) is 28.0 Å². The second-order valence-electron chi connectivity index (χ2n) is 4.12. The van der Waals surface area contributed by atoms with Gasteiger partial charge >= 0.3 is 0 Å². The van der Waals surface area contributed by atoms with Crippen molar-refractivity contribution >= 4 is 22.4 Å². The summed E-state index contributed by atoms with van der Waals surface area (Å²) in [5, 5.41) is 4.37. The first-order valence-electron chi connectivity index (χ1n) is 5.68.